The third-order valence-electron chi connectivity index (χ3n) is 1.32. The molecular formula is C5H7O3P. The van der Waals surface area contributed by atoms with Crippen LogP contribution in [-0.4, -0.2) is 19.6 Å². The second-order valence-corrected chi connectivity index (χ2v) is 2.79. The Morgan fingerprint density at radius 3 is 3.00 bits per heavy atom. The molecule has 0 aromatic carbocycles. The second-order valence-electron chi connectivity index (χ2n) is 1.86. The van der Waals surface area contributed by atoms with Gasteiger partial charge in [-0.15, -0.1) is 0 Å². The molecule has 1 atom stereocenters. The maximum Gasteiger partial charge on any atom is 0.230 e. The van der Waals surface area contributed by atoms with Crippen molar-refractivity contribution in [3.63, 3.8) is 0 Å². The first-order valence-corrected chi connectivity index (χ1v) is 3.90. The zero-order valence-electron chi connectivity index (χ0n) is 4.85. The lowest BCUT2D eigenvalue weighted by Gasteiger charge is -2.09. The van der Waals surface area contributed by atoms with Crippen LogP contribution in [0.1, 0.15) is 0 Å². The molecule has 9 heavy (non-hydrogen) atoms. The Hall–Kier alpha value is -0.270. The number of allylic oxidation sites excluding steroid dienone is 1. The van der Waals surface area contributed by atoms with Gasteiger partial charge < -0.3 is 14.0 Å². The summed E-state index contributed by atoms with van der Waals surface area (Å²) in [5, 5.41) is 0. The van der Waals surface area contributed by atoms with E-state index in [1.54, 1.807) is 0 Å². The molecule has 0 spiro atoms. The first kappa shape index (κ1) is 5.51. The van der Waals surface area contributed by atoms with Gasteiger partial charge in [-0.05, 0) is 0 Å². The molecule has 0 saturated heterocycles. The van der Waals surface area contributed by atoms with Crippen molar-refractivity contribution in [3.05, 3.63) is 11.5 Å². The molecule has 0 aliphatic carbocycles. The highest BCUT2D eigenvalue weighted by molar-refractivity contribution is 7.32. The van der Waals surface area contributed by atoms with E-state index in [4.69, 9.17) is 14.0 Å². The molecule has 3 nitrogen and oxygen atoms in total. The Labute approximate surface area is 54.8 Å². The van der Waals surface area contributed by atoms with Crippen LogP contribution in [0.5, 0.6) is 0 Å². The predicted octanol–water partition coefficient (Wildman–Crippen LogP) is 0.826. The predicted molar refractivity (Wildman–Crippen MR) is 33.2 cm³/mol. The monoisotopic (exact) mass is 146 g/mol. The van der Waals surface area contributed by atoms with Gasteiger partial charge in [0.05, 0.1) is 6.16 Å². The smallest absolute Gasteiger partial charge is 0.230 e. The average molecular weight is 146 g/mol. The van der Waals surface area contributed by atoms with Gasteiger partial charge in [-0.2, -0.15) is 0 Å². The molecular weight excluding hydrogens is 139 g/mol. The van der Waals surface area contributed by atoms with Crippen molar-refractivity contribution in [3.8, 4) is 0 Å². The number of rotatable bonds is 0. The van der Waals surface area contributed by atoms with Crippen LogP contribution in [-0.2, 0) is 14.0 Å². The molecule has 2 aliphatic rings. The molecule has 0 saturated carbocycles. The van der Waals surface area contributed by atoms with Gasteiger partial charge in [0.2, 0.25) is 6.79 Å². The van der Waals surface area contributed by atoms with Crippen LogP contribution in [0.4, 0.5) is 0 Å². The van der Waals surface area contributed by atoms with E-state index in [-0.39, 0.29) is 0 Å². The van der Waals surface area contributed by atoms with Crippen molar-refractivity contribution >= 4 is 8.81 Å². The first-order chi connectivity index (χ1) is 4.47. The zero-order valence-corrected chi connectivity index (χ0v) is 5.85. The average Bonchev–Trinajstić information content (AvgIpc) is 2.33. The van der Waals surface area contributed by atoms with Gasteiger partial charge in [0.25, 0.3) is 0 Å². The highest BCUT2D eigenvalue weighted by Gasteiger charge is 2.20. The van der Waals surface area contributed by atoms with E-state index < -0.39 is 0 Å². The van der Waals surface area contributed by atoms with Crippen molar-refractivity contribution in [1.82, 2.24) is 0 Å². The third kappa shape index (κ3) is 0.907. The number of hydrogen-bond donors (Lipinski definition) is 0. The lowest BCUT2D eigenvalue weighted by atomic mass is 10.4. The highest BCUT2D eigenvalue weighted by atomic mass is 31.1. The standard InChI is InChI=1S/C5H7O3P/c1-4-5(2-9-8-1)7-3-6-4/h9H,1-3H2. The van der Waals surface area contributed by atoms with Crippen molar-refractivity contribution < 1.29 is 14.0 Å². The van der Waals surface area contributed by atoms with Crippen molar-refractivity contribution in [2.75, 3.05) is 19.6 Å². The topological polar surface area (TPSA) is 27.7 Å². The van der Waals surface area contributed by atoms with E-state index in [1.807, 2.05) is 0 Å². The molecule has 0 aromatic heterocycles. The van der Waals surface area contributed by atoms with Crippen LogP contribution in [0.25, 0.3) is 0 Å². The normalized spacial score (nSPS) is 27.6. The van der Waals surface area contributed by atoms with Crippen LogP contribution in [0.15, 0.2) is 11.5 Å². The van der Waals surface area contributed by atoms with Crippen LogP contribution >= 0.6 is 8.81 Å². The van der Waals surface area contributed by atoms with Gasteiger partial charge in [0, 0.05) is 8.81 Å². The number of hydrogen-bond acceptors (Lipinski definition) is 3. The molecule has 0 aromatic rings. The SMILES string of the molecule is C1OC2=C(CPOC2)O1. The van der Waals surface area contributed by atoms with E-state index in [2.05, 4.69) is 0 Å². The fraction of sp³-hybridized carbons (Fsp3) is 0.600. The summed E-state index contributed by atoms with van der Waals surface area (Å²) in [6.45, 7) is 0.992. The van der Waals surface area contributed by atoms with Gasteiger partial charge in [0.1, 0.15) is 12.4 Å². The summed E-state index contributed by atoms with van der Waals surface area (Å²) < 4.78 is 15.4. The van der Waals surface area contributed by atoms with Crippen molar-refractivity contribution in [2.45, 2.75) is 0 Å². The van der Waals surface area contributed by atoms with Gasteiger partial charge in [-0.1, -0.05) is 0 Å². The molecule has 0 amide bonds. The molecule has 0 bridgehead atoms. The molecule has 50 valence electrons. The molecule has 1 unspecified atom stereocenters. The minimum Gasteiger partial charge on any atom is -0.458 e. The first-order valence-electron chi connectivity index (χ1n) is 2.79. The minimum atomic E-state index is 0.387. The Morgan fingerprint density at radius 1 is 1.22 bits per heavy atom. The van der Waals surface area contributed by atoms with E-state index in [9.17, 15) is 0 Å². The summed E-state index contributed by atoms with van der Waals surface area (Å²) in [6, 6.07) is 0. The zero-order chi connectivity index (χ0) is 6.10. The molecule has 2 heterocycles. The lowest BCUT2D eigenvalue weighted by Crippen LogP contribution is -2.01. The van der Waals surface area contributed by atoms with Crippen LogP contribution in [0.2, 0.25) is 0 Å². The maximum atomic E-state index is 5.15. The van der Waals surface area contributed by atoms with E-state index in [0.29, 0.717) is 22.2 Å². The van der Waals surface area contributed by atoms with Crippen LogP contribution in [0, 0.1) is 0 Å². The lowest BCUT2D eigenvalue weighted by molar-refractivity contribution is 0.0676. The fourth-order valence-corrected chi connectivity index (χ4v) is 1.60. The maximum absolute atomic E-state index is 5.15. The summed E-state index contributed by atoms with van der Waals surface area (Å²) in [7, 11) is 0.552. The van der Waals surface area contributed by atoms with Gasteiger partial charge in [-0.25, -0.2) is 0 Å². The van der Waals surface area contributed by atoms with Crippen LogP contribution < -0.4 is 0 Å². The molecule has 0 radical (unpaired) electrons. The van der Waals surface area contributed by atoms with Crippen molar-refractivity contribution in [1.29, 1.82) is 0 Å². The van der Waals surface area contributed by atoms with Gasteiger partial charge >= 0.3 is 0 Å². The fourth-order valence-electron chi connectivity index (χ4n) is 0.838. The van der Waals surface area contributed by atoms with E-state index in [1.165, 1.54) is 0 Å². The minimum absolute atomic E-state index is 0.387. The van der Waals surface area contributed by atoms with E-state index in [0.717, 1.165) is 17.7 Å². The Balaban J connectivity index is 2.17. The highest BCUT2D eigenvalue weighted by Crippen LogP contribution is 2.30. The Morgan fingerprint density at radius 2 is 2.11 bits per heavy atom. The second kappa shape index (κ2) is 2.16. The summed E-state index contributed by atoms with van der Waals surface area (Å²) in [6.07, 6.45) is 0.898. The summed E-state index contributed by atoms with van der Waals surface area (Å²) in [4.78, 5) is 0. The summed E-state index contributed by atoms with van der Waals surface area (Å²) in [5.74, 6) is 1.90. The Kier molecular flexibility index (Phi) is 1.32. The molecule has 2 rings (SSSR count). The molecule has 0 N–H and O–H groups in total. The summed E-state index contributed by atoms with van der Waals surface area (Å²) >= 11 is 0. The van der Waals surface area contributed by atoms with E-state index >= 15 is 0 Å². The van der Waals surface area contributed by atoms with Crippen LogP contribution in [0.3, 0.4) is 0 Å². The number of ether oxygens (including phenoxy) is 2. The molecule has 2 aliphatic heterocycles. The quantitative estimate of drug-likeness (QED) is 0.473. The molecule has 4 heteroatoms. The van der Waals surface area contributed by atoms with Gasteiger partial charge in [-0.3, -0.25) is 0 Å². The largest absolute Gasteiger partial charge is 0.458 e. The van der Waals surface area contributed by atoms with Gasteiger partial charge in [0.15, 0.2) is 5.76 Å². The Bertz CT molecular complexity index is 138. The van der Waals surface area contributed by atoms with Crippen molar-refractivity contribution in [2.24, 2.45) is 0 Å². The summed E-state index contributed by atoms with van der Waals surface area (Å²) in [5.41, 5.74) is 0. The third-order valence-corrected chi connectivity index (χ3v) is 2.13. The molecule has 0 fully saturated rings.